The lowest BCUT2D eigenvalue weighted by Gasteiger charge is -2.33. The first-order valence-electron chi connectivity index (χ1n) is 10.9. The number of ether oxygens (including phenoxy) is 2. The maximum atomic E-state index is 9.17. The van der Waals surface area contributed by atoms with Crippen molar-refractivity contribution in [2.75, 3.05) is 45.9 Å². The van der Waals surface area contributed by atoms with Crippen LogP contribution < -0.4 is 9.47 Å². The van der Waals surface area contributed by atoms with Crippen LogP contribution in [0.3, 0.4) is 0 Å². The van der Waals surface area contributed by atoms with Crippen LogP contribution in [0.4, 0.5) is 0 Å². The van der Waals surface area contributed by atoms with Crippen molar-refractivity contribution in [2.24, 2.45) is 0 Å². The lowest BCUT2D eigenvalue weighted by molar-refractivity contribution is 0.0798. The molecule has 3 heterocycles. The largest absolute Gasteiger partial charge is 0.485 e. The molecular weight excluding hydrogens is 426 g/mol. The molecule has 5 rings (SSSR count). The summed E-state index contributed by atoms with van der Waals surface area (Å²) >= 11 is 5.87. The summed E-state index contributed by atoms with van der Waals surface area (Å²) in [5.41, 5.74) is 0.953. The van der Waals surface area contributed by atoms with Crippen molar-refractivity contribution in [1.82, 2.24) is 24.1 Å². The zero-order chi connectivity index (χ0) is 21.9. The highest BCUT2D eigenvalue weighted by Gasteiger charge is 2.29. The molecule has 1 atom stereocenters. The van der Waals surface area contributed by atoms with E-state index in [2.05, 4.69) is 9.80 Å². The third-order valence-electron chi connectivity index (χ3n) is 5.89. The molecule has 1 saturated heterocycles. The summed E-state index contributed by atoms with van der Waals surface area (Å²) in [6, 6.07) is 17.7. The summed E-state index contributed by atoms with van der Waals surface area (Å²) in [7, 11) is 0. The normalized spacial score (nSPS) is 19.2. The SMILES string of the molecule is OCCN1CCN(Cn2nc([C@@H]3COc4ccccc4O3)n(-c3ccccc3)c2=S)CC1. The van der Waals surface area contributed by atoms with Gasteiger partial charge in [-0.05, 0) is 36.5 Å². The van der Waals surface area contributed by atoms with Crippen molar-refractivity contribution < 1.29 is 14.6 Å². The molecular formula is C23H27N5O3S. The van der Waals surface area contributed by atoms with E-state index in [1.807, 2.05) is 63.8 Å². The van der Waals surface area contributed by atoms with Gasteiger partial charge < -0.3 is 14.6 Å². The molecule has 0 spiro atoms. The number of hydrogen-bond donors (Lipinski definition) is 1. The molecule has 8 nitrogen and oxygen atoms in total. The van der Waals surface area contributed by atoms with Gasteiger partial charge in [0.1, 0.15) is 6.61 Å². The highest BCUT2D eigenvalue weighted by Crippen LogP contribution is 2.36. The fraction of sp³-hybridized carbons (Fsp3) is 0.391. The van der Waals surface area contributed by atoms with E-state index in [1.54, 1.807) is 0 Å². The number of fused-ring (bicyclic) bond motifs is 1. The van der Waals surface area contributed by atoms with Crippen molar-refractivity contribution in [3.8, 4) is 17.2 Å². The highest BCUT2D eigenvalue weighted by molar-refractivity contribution is 7.71. The minimum atomic E-state index is -0.366. The minimum Gasteiger partial charge on any atom is -0.485 e. The van der Waals surface area contributed by atoms with Gasteiger partial charge in [-0.2, -0.15) is 5.10 Å². The molecule has 2 aromatic carbocycles. The number of benzene rings is 2. The van der Waals surface area contributed by atoms with Crippen molar-refractivity contribution in [1.29, 1.82) is 0 Å². The molecule has 1 fully saturated rings. The van der Waals surface area contributed by atoms with Crippen LogP contribution in [0.2, 0.25) is 0 Å². The first-order chi connectivity index (χ1) is 15.7. The fourth-order valence-electron chi connectivity index (χ4n) is 4.18. The molecule has 1 aromatic heterocycles. The summed E-state index contributed by atoms with van der Waals surface area (Å²) < 4.78 is 16.7. The molecule has 3 aromatic rings. The first-order valence-corrected chi connectivity index (χ1v) is 11.3. The number of para-hydroxylation sites is 3. The number of nitrogens with zero attached hydrogens (tertiary/aromatic N) is 5. The molecule has 0 unspecified atom stereocenters. The summed E-state index contributed by atoms with van der Waals surface area (Å²) in [5, 5.41) is 14.1. The number of aliphatic hydroxyl groups excluding tert-OH is 1. The van der Waals surface area contributed by atoms with Crippen LogP contribution in [0, 0.1) is 4.77 Å². The molecule has 0 bridgehead atoms. The zero-order valence-corrected chi connectivity index (χ0v) is 18.7. The molecule has 0 aliphatic carbocycles. The molecule has 168 valence electrons. The molecule has 32 heavy (non-hydrogen) atoms. The second kappa shape index (κ2) is 9.41. The Kier molecular flexibility index (Phi) is 6.22. The number of hydrogen-bond acceptors (Lipinski definition) is 7. The monoisotopic (exact) mass is 453 g/mol. The van der Waals surface area contributed by atoms with Gasteiger partial charge in [-0.1, -0.05) is 30.3 Å². The van der Waals surface area contributed by atoms with Crippen molar-refractivity contribution in [3.63, 3.8) is 0 Å². The topological polar surface area (TPSA) is 67.9 Å². The Morgan fingerprint density at radius 2 is 1.62 bits per heavy atom. The van der Waals surface area contributed by atoms with Gasteiger partial charge in [0, 0.05) is 38.4 Å². The van der Waals surface area contributed by atoms with Crippen LogP contribution in [0.5, 0.6) is 11.5 Å². The van der Waals surface area contributed by atoms with Gasteiger partial charge >= 0.3 is 0 Å². The van der Waals surface area contributed by atoms with Gasteiger partial charge in [-0.25, -0.2) is 4.68 Å². The second-order valence-corrected chi connectivity index (χ2v) is 8.37. The van der Waals surface area contributed by atoms with Crippen molar-refractivity contribution in [3.05, 3.63) is 65.2 Å². The standard InChI is InChI=1S/C23H27N5O3S/c29-15-14-25-10-12-26(13-11-25)17-27-23(32)28(18-6-2-1-3-7-18)22(24-27)21-16-30-19-8-4-5-9-20(19)31-21/h1-9,21,29H,10-17H2/t21-/m0/s1. The summed E-state index contributed by atoms with van der Waals surface area (Å²) in [6.07, 6.45) is -0.366. The summed E-state index contributed by atoms with van der Waals surface area (Å²) in [4.78, 5) is 4.61. The van der Waals surface area contributed by atoms with E-state index in [9.17, 15) is 5.11 Å². The highest BCUT2D eigenvalue weighted by atomic mass is 32.1. The Hall–Kier alpha value is -2.72. The van der Waals surface area contributed by atoms with Crippen LogP contribution in [0.25, 0.3) is 5.69 Å². The number of aromatic nitrogens is 3. The van der Waals surface area contributed by atoms with E-state index >= 15 is 0 Å². The minimum absolute atomic E-state index is 0.197. The van der Waals surface area contributed by atoms with Crippen molar-refractivity contribution >= 4 is 12.2 Å². The van der Waals surface area contributed by atoms with E-state index < -0.39 is 0 Å². The van der Waals surface area contributed by atoms with Gasteiger partial charge in [-0.15, -0.1) is 0 Å². The van der Waals surface area contributed by atoms with E-state index in [-0.39, 0.29) is 12.7 Å². The second-order valence-electron chi connectivity index (χ2n) is 8.00. The van der Waals surface area contributed by atoms with Crippen molar-refractivity contribution in [2.45, 2.75) is 12.8 Å². The Bertz CT molecular complexity index is 1110. The number of rotatable bonds is 6. The van der Waals surface area contributed by atoms with Gasteiger partial charge in [0.25, 0.3) is 0 Å². The lowest BCUT2D eigenvalue weighted by Crippen LogP contribution is -2.47. The zero-order valence-electron chi connectivity index (χ0n) is 17.8. The van der Waals surface area contributed by atoms with E-state index in [0.717, 1.165) is 50.0 Å². The van der Waals surface area contributed by atoms with Crippen LogP contribution in [0.1, 0.15) is 11.9 Å². The van der Waals surface area contributed by atoms with Crippen LogP contribution in [0.15, 0.2) is 54.6 Å². The number of β-amino-alcohol motifs (C(OH)–C–C–N with tert-alkyl or cyclic N) is 1. The molecule has 2 aliphatic heterocycles. The third-order valence-corrected chi connectivity index (χ3v) is 6.28. The first kappa shape index (κ1) is 21.1. The average Bonchev–Trinajstić information content (AvgIpc) is 3.16. The number of piperazine rings is 1. The van der Waals surface area contributed by atoms with Crippen LogP contribution >= 0.6 is 12.2 Å². The van der Waals surface area contributed by atoms with E-state index in [1.165, 1.54) is 0 Å². The summed E-state index contributed by atoms with van der Waals surface area (Å²) in [6.45, 7) is 5.58. The smallest absolute Gasteiger partial charge is 0.203 e. The van der Waals surface area contributed by atoms with Gasteiger partial charge in [-0.3, -0.25) is 14.4 Å². The average molecular weight is 454 g/mol. The Morgan fingerprint density at radius 3 is 2.38 bits per heavy atom. The van der Waals surface area contributed by atoms with Crippen LogP contribution in [-0.4, -0.2) is 75.2 Å². The quantitative estimate of drug-likeness (QED) is 0.575. The van der Waals surface area contributed by atoms with Crippen LogP contribution in [-0.2, 0) is 6.67 Å². The van der Waals surface area contributed by atoms with Gasteiger partial charge in [0.05, 0.1) is 13.3 Å². The predicted octanol–water partition coefficient (Wildman–Crippen LogP) is 2.48. The molecule has 9 heteroatoms. The molecule has 2 aliphatic rings. The molecule has 0 radical (unpaired) electrons. The predicted molar refractivity (Wildman–Crippen MR) is 123 cm³/mol. The maximum absolute atomic E-state index is 9.17. The van der Waals surface area contributed by atoms with E-state index in [4.69, 9.17) is 26.8 Å². The Labute approximate surface area is 192 Å². The Morgan fingerprint density at radius 1 is 0.938 bits per heavy atom. The van der Waals surface area contributed by atoms with Gasteiger partial charge in [0.15, 0.2) is 23.4 Å². The Balaban J connectivity index is 1.44. The lowest BCUT2D eigenvalue weighted by atomic mass is 10.2. The fourth-order valence-corrected chi connectivity index (χ4v) is 4.47. The third kappa shape index (κ3) is 4.29. The summed E-state index contributed by atoms with van der Waals surface area (Å²) in [5.74, 6) is 2.19. The molecule has 0 saturated carbocycles. The molecule has 1 N–H and O–H groups in total. The van der Waals surface area contributed by atoms with Gasteiger partial charge in [0.2, 0.25) is 4.77 Å². The molecule has 0 amide bonds. The number of aliphatic hydroxyl groups is 1. The maximum Gasteiger partial charge on any atom is 0.203 e. The van der Waals surface area contributed by atoms with E-state index in [0.29, 0.717) is 23.8 Å².